The van der Waals surface area contributed by atoms with Gasteiger partial charge < -0.3 is 15.4 Å². The summed E-state index contributed by atoms with van der Waals surface area (Å²) in [4.78, 5) is 13.0. The van der Waals surface area contributed by atoms with Gasteiger partial charge in [-0.3, -0.25) is 0 Å². The van der Waals surface area contributed by atoms with E-state index in [0.717, 1.165) is 0 Å². The third kappa shape index (κ3) is 5.36. The number of ether oxygens (including phenoxy) is 1. The van der Waals surface area contributed by atoms with Crippen LogP contribution in [-0.2, 0) is 0 Å². The van der Waals surface area contributed by atoms with E-state index in [1.54, 1.807) is 7.05 Å². The number of hydrogen-bond acceptors (Lipinski definition) is 6. The molecule has 0 aromatic carbocycles. The minimum atomic E-state index is 0.0475. The van der Waals surface area contributed by atoms with Crippen molar-refractivity contribution in [1.82, 2.24) is 15.0 Å². The van der Waals surface area contributed by atoms with Crippen LogP contribution in [0, 0.1) is 0 Å². The second kappa shape index (κ2) is 8.00. The Hall–Kier alpha value is -1.59. The van der Waals surface area contributed by atoms with Crippen LogP contribution in [0.25, 0.3) is 0 Å². The zero-order valence-electron chi connectivity index (χ0n) is 13.4. The predicted octanol–water partition coefficient (Wildman–Crippen LogP) is 3.23. The maximum absolute atomic E-state index is 5.59. The third-order valence-corrected chi connectivity index (χ3v) is 3.62. The lowest BCUT2D eigenvalue weighted by atomic mass is 9.97. The first-order chi connectivity index (χ1) is 10.2. The summed E-state index contributed by atoms with van der Waals surface area (Å²) in [6, 6.07) is 0.821. The van der Waals surface area contributed by atoms with Crippen LogP contribution in [0.4, 0.5) is 11.9 Å². The van der Waals surface area contributed by atoms with Gasteiger partial charge in [-0.05, 0) is 26.7 Å². The number of anilines is 2. The molecule has 118 valence electrons. The van der Waals surface area contributed by atoms with Crippen LogP contribution in [0.2, 0.25) is 0 Å². The molecule has 0 atom stereocenters. The van der Waals surface area contributed by atoms with Crippen LogP contribution >= 0.6 is 0 Å². The molecule has 1 saturated carbocycles. The quantitative estimate of drug-likeness (QED) is 0.868. The normalized spacial score (nSPS) is 17.1. The molecule has 1 aromatic heterocycles. The fourth-order valence-electron chi connectivity index (χ4n) is 2.58. The molecule has 21 heavy (non-hydrogen) atoms. The largest absolute Gasteiger partial charge is 0.461 e. The summed E-state index contributed by atoms with van der Waals surface area (Å²) in [5, 5.41) is 6.41. The minimum Gasteiger partial charge on any atom is -0.461 e. The lowest BCUT2D eigenvalue weighted by Crippen LogP contribution is -2.23. The molecule has 2 N–H and O–H groups in total. The maximum atomic E-state index is 5.59. The Balaban J connectivity index is 2.06. The van der Waals surface area contributed by atoms with Crippen molar-refractivity contribution in [1.29, 1.82) is 0 Å². The molecule has 6 nitrogen and oxygen atoms in total. The minimum absolute atomic E-state index is 0.0475. The topological polar surface area (TPSA) is 72.0 Å². The van der Waals surface area contributed by atoms with Crippen LogP contribution in [0.3, 0.4) is 0 Å². The maximum Gasteiger partial charge on any atom is 0.323 e. The van der Waals surface area contributed by atoms with E-state index in [-0.39, 0.29) is 6.10 Å². The summed E-state index contributed by atoms with van der Waals surface area (Å²) in [6.07, 6.45) is 8.99. The number of aromatic nitrogens is 3. The molecular formula is C15H27N5O. The Morgan fingerprint density at radius 2 is 1.57 bits per heavy atom. The van der Waals surface area contributed by atoms with E-state index in [1.165, 1.54) is 44.9 Å². The molecule has 6 heteroatoms. The summed E-state index contributed by atoms with van der Waals surface area (Å²) in [5.74, 6) is 1.14. The Morgan fingerprint density at radius 3 is 2.19 bits per heavy atom. The van der Waals surface area contributed by atoms with Gasteiger partial charge in [0.2, 0.25) is 11.9 Å². The molecule has 1 aliphatic carbocycles. The van der Waals surface area contributed by atoms with Gasteiger partial charge >= 0.3 is 6.01 Å². The van der Waals surface area contributed by atoms with Crippen LogP contribution in [-0.4, -0.2) is 34.1 Å². The Kier molecular flexibility index (Phi) is 6.02. The highest BCUT2D eigenvalue weighted by molar-refractivity contribution is 5.36. The van der Waals surface area contributed by atoms with Crippen molar-refractivity contribution in [3.8, 4) is 6.01 Å². The van der Waals surface area contributed by atoms with Crippen LogP contribution in [0.1, 0.15) is 58.8 Å². The second-order valence-corrected chi connectivity index (χ2v) is 5.87. The van der Waals surface area contributed by atoms with Gasteiger partial charge in [-0.2, -0.15) is 15.0 Å². The monoisotopic (exact) mass is 293 g/mol. The fraction of sp³-hybridized carbons (Fsp3) is 0.800. The van der Waals surface area contributed by atoms with E-state index in [0.29, 0.717) is 23.9 Å². The van der Waals surface area contributed by atoms with E-state index in [4.69, 9.17) is 4.74 Å². The van der Waals surface area contributed by atoms with Crippen molar-refractivity contribution in [3.05, 3.63) is 0 Å². The van der Waals surface area contributed by atoms with E-state index >= 15 is 0 Å². The van der Waals surface area contributed by atoms with E-state index < -0.39 is 0 Å². The van der Waals surface area contributed by atoms with Crippen molar-refractivity contribution in [2.24, 2.45) is 0 Å². The summed E-state index contributed by atoms with van der Waals surface area (Å²) in [6.45, 7) is 3.93. The summed E-state index contributed by atoms with van der Waals surface area (Å²) >= 11 is 0. The van der Waals surface area contributed by atoms with Gasteiger partial charge in [-0.1, -0.05) is 32.1 Å². The molecule has 0 bridgehead atoms. The van der Waals surface area contributed by atoms with Crippen molar-refractivity contribution in [3.63, 3.8) is 0 Å². The molecule has 1 aliphatic rings. The molecule has 0 unspecified atom stereocenters. The Labute approximate surface area is 127 Å². The number of rotatable bonds is 5. The summed E-state index contributed by atoms with van der Waals surface area (Å²) in [7, 11) is 1.80. The average Bonchev–Trinajstić information content (AvgIpc) is 2.40. The fourth-order valence-corrected chi connectivity index (χ4v) is 2.58. The highest BCUT2D eigenvalue weighted by Gasteiger charge is 2.14. The van der Waals surface area contributed by atoms with Crippen molar-refractivity contribution >= 4 is 11.9 Å². The van der Waals surface area contributed by atoms with E-state index in [1.807, 2.05) is 13.8 Å². The van der Waals surface area contributed by atoms with E-state index in [2.05, 4.69) is 25.6 Å². The highest BCUT2D eigenvalue weighted by atomic mass is 16.5. The first-order valence-corrected chi connectivity index (χ1v) is 8.04. The molecule has 0 amide bonds. The molecule has 1 heterocycles. The van der Waals surface area contributed by atoms with Gasteiger partial charge in [0.1, 0.15) is 0 Å². The molecule has 0 saturated heterocycles. The predicted molar refractivity (Wildman–Crippen MR) is 84.9 cm³/mol. The number of nitrogens with zero attached hydrogens (tertiary/aromatic N) is 3. The smallest absolute Gasteiger partial charge is 0.323 e. The van der Waals surface area contributed by atoms with Gasteiger partial charge in [0.15, 0.2) is 0 Å². The molecule has 0 radical (unpaired) electrons. The van der Waals surface area contributed by atoms with E-state index in [9.17, 15) is 0 Å². The van der Waals surface area contributed by atoms with Gasteiger partial charge in [0.25, 0.3) is 0 Å². The standard InChI is InChI=1S/C15H27N5O/c1-11(2)21-15-19-13(16-3)18-14(20-15)17-12-9-7-5-4-6-8-10-12/h11-12H,4-10H2,1-3H3,(H2,16,17,18,19,20). The lowest BCUT2D eigenvalue weighted by molar-refractivity contribution is 0.222. The highest BCUT2D eigenvalue weighted by Crippen LogP contribution is 2.20. The van der Waals surface area contributed by atoms with Crippen LogP contribution in [0.15, 0.2) is 0 Å². The molecule has 1 aromatic rings. The Morgan fingerprint density at radius 1 is 0.952 bits per heavy atom. The Bertz CT molecular complexity index is 430. The third-order valence-electron chi connectivity index (χ3n) is 3.62. The molecular weight excluding hydrogens is 266 g/mol. The average molecular weight is 293 g/mol. The zero-order valence-corrected chi connectivity index (χ0v) is 13.4. The summed E-state index contributed by atoms with van der Waals surface area (Å²) in [5.41, 5.74) is 0. The van der Waals surface area contributed by atoms with Gasteiger partial charge in [0.05, 0.1) is 6.10 Å². The zero-order chi connectivity index (χ0) is 15.1. The van der Waals surface area contributed by atoms with Crippen LogP contribution in [0.5, 0.6) is 6.01 Å². The first kappa shape index (κ1) is 15.8. The number of hydrogen-bond donors (Lipinski definition) is 2. The SMILES string of the molecule is CNc1nc(NC2CCCCCCC2)nc(OC(C)C)n1. The van der Waals surface area contributed by atoms with Gasteiger partial charge in [-0.25, -0.2) is 0 Å². The summed E-state index contributed by atoms with van der Waals surface area (Å²) < 4.78 is 5.59. The van der Waals surface area contributed by atoms with Gasteiger partial charge in [0, 0.05) is 13.1 Å². The number of nitrogens with one attached hydrogen (secondary N) is 2. The van der Waals surface area contributed by atoms with Crippen LogP contribution < -0.4 is 15.4 Å². The second-order valence-electron chi connectivity index (χ2n) is 5.87. The molecule has 0 spiro atoms. The lowest BCUT2D eigenvalue weighted by Gasteiger charge is -2.21. The van der Waals surface area contributed by atoms with Crippen molar-refractivity contribution in [2.45, 2.75) is 70.9 Å². The van der Waals surface area contributed by atoms with Gasteiger partial charge in [-0.15, -0.1) is 0 Å². The van der Waals surface area contributed by atoms with Crippen molar-refractivity contribution < 1.29 is 4.74 Å². The molecule has 1 fully saturated rings. The molecule has 0 aliphatic heterocycles. The first-order valence-electron chi connectivity index (χ1n) is 8.04. The van der Waals surface area contributed by atoms with Crippen molar-refractivity contribution in [2.75, 3.05) is 17.7 Å². The molecule has 2 rings (SSSR count).